The van der Waals surface area contributed by atoms with Gasteiger partial charge in [0.1, 0.15) is 11.6 Å². The van der Waals surface area contributed by atoms with E-state index in [1.54, 1.807) is 12.1 Å². The van der Waals surface area contributed by atoms with Crippen molar-refractivity contribution in [1.29, 1.82) is 0 Å². The van der Waals surface area contributed by atoms with Gasteiger partial charge >= 0.3 is 0 Å². The number of nitrogens with zero attached hydrogens (tertiary/aromatic N) is 2. The summed E-state index contributed by atoms with van der Waals surface area (Å²) >= 11 is 0. The molecule has 3 rings (SSSR count). The Labute approximate surface area is 162 Å². The topological polar surface area (TPSA) is 66.6 Å². The van der Waals surface area contributed by atoms with Crippen LogP contribution in [-0.2, 0) is 9.59 Å². The molecule has 2 aromatic carbocycles. The van der Waals surface area contributed by atoms with Crippen LogP contribution in [0.25, 0.3) is 0 Å². The van der Waals surface area contributed by atoms with Crippen LogP contribution in [0.2, 0.25) is 0 Å². The highest BCUT2D eigenvalue weighted by molar-refractivity contribution is 5.95. The van der Waals surface area contributed by atoms with Gasteiger partial charge in [-0.3, -0.25) is 14.5 Å². The van der Waals surface area contributed by atoms with Crippen LogP contribution in [0.15, 0.2) is 48.5 Å². The molecule has 7 heteroatoms. The monoisotopic (exact) mass is 387 g/mol. The minimum absolute atomic E-state index is 0.0184. The number of carbonyl (C=O) groups is 2. The lowest BCUT2D eigenvalue weighted by atomic mass is 10.0. The van der Waals surface area contributed by atoms with E-state index in [9.17, 15) is 18.4 Å². The fourth-order valence-electron chi connectivity index (χ4n) is 3.58. The molecule has 0 aliphatic carbocycles. The zero-order valence-electron chi connectivity index (χ0n) is 15.5. The van der Waals surface area contributed by atoms with Crippen molar-refractivity contribution in [2.45, 2.75) is 25.3 Å². The molecule has 0 radical (unpaired) electrons. The molecule has 28 heavy (non-hydrogen) atoms. The van der Waals surface area contributed by atoms with Gasteiger partial charge in [-0.25, -0.2) is 8.78 Å². The van der Waals surface area contributed by atoms with E-state index in [0.717, 1.165) is 24.9 Å². The standard InChI is InChI=1S/C21H23F2N3O2/c22-16-5-3-15(4-6-16)19-2-1-12-25(19)14-21(28)26(13-11-20(24)27)18-9-7-17(23)8-10-18/h3-10,19H,1-2,11-14H2,(H2,24,27)/t19-/m1/s1. The van der Waals surface area contributed by atoms with Gasteiger partial charge in [-0.2, -0.15) is 0 Å². The van der Waals surface area contributed by atoms with Crippen LogP contribution in [0.5, 0.6) is 0 Å². The number of amides is 2. The third kappa shape index (κ3) is 4.92. The zero-order chi connectivity index (χ0) is 20.1. The summed E-state index contributed by atoms with van der Waals surface area (Å²) in [5, 5.41) is 0. The number of anilines is 1. The number of nitrogens with two attached hydrogens (primary N) is 1. The van der Waals surface area contributed by atoms with Crippen molar-refractivity contribution in [2.75, 3.05) is 24.5 Å². The second-order valence-electron chi connectivity index (χ2n) is 6.92. The Bertz CT molecular complexity index is 825. The maximum Gasteiger partial charge on any atom is 0.241 e. The molecule has 0 unspecified atom stereocenters. The summed E-state index contributed by atoms with van der Waals surface area (Å²) < 4.78 is 26.5. The third-order valence-electron chi connectivity index (χ3n) is 4.98. The molecule has 1 aliphatic rings. The molecule has 1 atom stereocenters. The van der Waals surface area contributed by atoms with Gasteiger partial charge in [0.15, 0.2) is 0 Å². The Morgan fingerprint density at radius 2 is 1.64 bits per heavy atom. The van der Waals surface area contributed by atoms with Crippen molar-refractivity contribution in [1.82, 2.24) is 4.90 Å². The number of hydrogen-bond donors (Lipinski definition) is 1. The highest BCUT2D eigenvalue weighted by atomic mass is 19.1. The summed E-state index contributed by atoms with van der Waals surface area (Å²) in [7, 11) is 0. The molecule has 5 nitrogen and oxygen atoms in total. The normalized spacial score (nSPS) is 16.9. The van der Waals surface area contributed by atoms with E-state index in [1.807, 2.05) is 0 Å². The first-order chi connectivity index (χ1) is 13.4. The van der Waals surface area contributed by atoms with Gasteiger partial charge in [-0.05, 0) is 61.3 Å². The molecular formula is C21H23F2N3O2. The third-order valence-corrected chi connectivity index (χ3v) is 4.98. The summed E-state index contributed by atoms with van der Waals surface area (Å²) in [5.74, 6) is -1.40. The van der Waals surface area contributed by atoms with Gasteiger partial charge in [0.05, 0.1) is 6.54 Å². The van der Waals surface area contributed by atoms with Crippen molar-refractivity contribution in [3.05, 3.63) is 65.7 Å². The van der Waals surface area contributed by atoms with E-state index >= 15 is 0 Å². The van der Waals surface area contributed by atoms with E-state index in [0.29, 0.717) is 5.69 Å². The van der Waals surface area contributed by atoms with Gasteiger partial charge in [-0.15, -0.1) is 0 Å². The fraction of sp³-hybridized carbons (Fsp3) is 0.333. The number of benzene rings is 2. The molecule has 2 amide bonds. The Morgan fingerprint density at radius 3 is 2.25 bits per heavy atom. The largest absolute Gasteiger partial charge is 0.370 e. The molecule has 2 aromatic rings. The van der Waals surface area contributed by atoms with Crippen LogP contribution in [-0.4, -0.2) is 36.3 Å². The van der Waals surface area contributed by atoms with Crippen LogP contribution in [0.4, 0.5) is 14.5 Å². The van der Waals surface area contributed by atoms with E-state index in [-0.39, 0.29) is 37.3 Å². The fourth-order valence-corrected chi connectivity index (χ4v) is 3.58. The summed E-state index contributed by atoms with van der Waals surface area (Å²) in [6.45, 7) is 1.04. The van der Waals surface area contributed by atoms with Crippen LogP contribution >= 0.6 is 0 Å². The lowest BCUT2D eigenvalue weighted by Gasteiger charge is -2.28. The van der Waals surface area contributed by atoms with Crippen molar-refractivity contribution >= 4 is 17.5 Å². The van der Waals surface area contributed by atoms with Crippen LogP contribution < -0.4 is 10.6 Å². The van der Waals surface area contributed by atoms with Gasteiger partial charge < -0.3 is 10.6 Å². The molecule has 0 aromatic heterocycles. The smallest absolute Gasteiger partial charge is 0.241 e. The molecule has 0 bridgehead atoms. The first kappa shape index (κ1) is 19.9. The summed E-state index contributed by atoms with van der Waals surface area (Å²) in [6.07, 6.45) is 1.84. The van der Waals surface area contributed by atoms with Gasteiger partial charge in [0.25, 0.3) is 0 Å². The number of carbonyl (C=O) groups excluding carboxylic acids is 2. The summed E-state index contributed by atoms with van der Waals surface area (Å²) in [6, 6.07) is 11.9. The van der Waals surface area contributed by atoms with Gasteiger partial charge in [0, 0.05) is 24.7 Å². The number of halogens is 2. The molecule has 1 heterocycles. The first-order valence-electron chi connectivity index (χ1n) is 9.28. The average Bonchev–Trinajstić information content (AvgIpc) is 3.12. The minimum atomic E-state index is -0.509. The molecule has 1 saturated heterocycles. The van der Waals surface area contributed by atoms with Crippen LogP contribution in [0.3, 0.4) is 0 Å². The van der Waals surface area contributed by atoms with Crippen LogP contribution in [0.1, 0.15) is 30.9 Å². The molecule has 2 N–H and O–H groups in total. The highest BCUT2D eigenvalue weighted by Gasteiger charge is 2.29. The van der Waals surface area contributed by atoms with Gasteiger partial charge in [0.2, 0.25) is 11.8 Å². The van der Waals surface area contributed by atoms with Crippen LogP contribution in [0, 0.1) is 11.6 Å². The second-order valence-corrected chi connectivity index (χ2v) is 6.92. The lowest BCUT2D eigenvalue weighted by Crippen LogP contribution is -2.41. The maximum atomic E-state index is 13.2. The summed E-state index contributed by atoms with van der Waals surface area (Å²) in [4.78, 5) is 27.7. The molecule has 148 valence electrons. The predicted molar refractivity (Wildman–Crippen MR) is 103 cm³/mol. The van der Waals surface area contributed by atoms with Gasteiger partial charge in [-0.1, -0.05) is 12.1 Å². The zero-order valence-corrected chi connectivity index (χ0v) is 15.5. The van der Waals surface area contributed by atoms with Crippen molar-refractivity contribution in [3.8, 4) is 0 Å². The Hall–Kier alpha value is -2.80. The molecular weight excluding hydrogens is 364 g/mol. The average molecular weight is 387 g/mol. The molecule has 1 fully saturated rings. The lowest BCUT2D eigenvalue weighted by molar-refractivity contribution is -0.120. The van der Waals surface area contributed by atoms with Crippen molar-refractivity contribution < 1.29 is 18.4 Å². The van der Waals surface area contributed by atoms with E-state index in [1.165, 1.54) is 41.3 Å². The van der Waals surface area contributed by atoms with E-state index < -0.39 is 11.7 Å². The number of primary amides is 1. The van der Waals surface area contributed by atoms with E-state index in [2.05, 4.69) is 4.90 Å². The van der Waals surface area contributed by atoms with Crippen molar-refractivity contribution in [2.24, 2.45) is 5.73 Å². The molecule has 0 spiro atoms. The second kappa shape index (κ2) is 8.93. The number of hydrogen-bond acceptors (Lipinski definition) is 3. The number of likely N-dealkylation sites (tertiary alicyclic amines) is 1. The predicted octanol–water partition coefficient (Wildman–Crippen LogP) is 3.01. The SMILES string of the molecule is NC(=O)CCN(C(=O)CN1CCC[C@@H]1c1ccc(F)cc1)c1ccc(F)cc1. The summed E-state index contributed by atoms with van der Waals surface area (Å²) in [5.41, 5.74) is 6.73. The molecule has 1 aliphatic heterocycles. The Balaban J connectivity index is 1.75. The Kier molecular flexibility index (Phi) is 6.36. The van der Waals surface area contributed by atoms with Crippen molar-refractivity contribution in [3.63, 3.8) is 0 Å². The maximum absolute atomic E-state index is 13.2. The highest BCUT2D eigenvalue weighted by Crippen LogP contribution is 2.32. The quantitative estimate of drug-likeness (QED) is 0.794. The first-order valence-corrected chi connectivity index (χ1v) is 9.28. The molecule has 0 saturated carbocycles. The van der Waals surface area contributed by atoms with E-state index in [4.69, 9.17) is 5.73 Å². The Morgan fingerprint density at radius 1 is 1.04 bits per heavy atom. The minimum Gasteiger partial charge on any atom is -0.370 e. The number of rotatable bonds is 7.